The summed E-state index contributed by atoms with van der Waals surface area (Å²) in [4.78, 5) is 0. The highest BCUT2D eigenvalue weighted by molar-refractivity contribution is 7.89. The summed E-state index contributed by atoms with van der Waals surface area (Å²) in [7, 11) is -3.24. The molecule has 0 aromatic heterocycles. The van der Waals surface area contributed by atoms with E-state index in [1.807, 2.05) is 13.8 Å². The molecule has 1 aliphatic heterocycles. The van der Waals surface area contributed by atoms with Gasteiger partial charge >= 0.3 is 0 Å². The summed E-state index contributed by atoms with van der Waals surface area (Å²) in [5, 5.41) is 0. The van der Waals surface area contributed by atoms with Gasteiger partial charge in [-0.05, 0) is 25.2 Å². The number of alkyl halides is 1. The molecule has 1 aliphatic rings. The summed E-state index contributed by atoms with van der Waals surface area (Å²) in [6.07, 6.45) is 1.97. The first-order valence-electron chi connectivity index (χ1n) is 6.04. The Labute approximate surface area is 109 Å². The Balaban J connectivity index is 2.60. The number of rotatable bonds is 6. The molecule has 0 atom stereocenters. The van der Waals surface area contributed by atoms with Gasteiger partial charge < -0.3 is 4.74 Å². The largest absolute Gasteiger partial charge is 0.381 e. The van der Waals surface area contributed by atoms with Crippen LogP contribution in [-0.2, 0) is 14.8 Å². The van der Waals surface area contributed by atoms with E-state index in [-0.39, 0.29) is 5.75 Å². The van der Waals surface area contributed by atoms with Gasteiger partial charge in [0.2, 0.25) is 10.0 Å². The number of hydrogen-bond acceptors (Lipinski definition) is 3. The maximum atomic E-state index is 12.0. The van der Waals surface area contributed by atoms with Gasteiger partial charge in [-0.1, -0.05) is 13.8 Å². The number of ether oxygens (including phenoxy) is 1. The molecule has 0 aliphatic carbocycles. The van der Waals surface area contributed by atoms with Crippen molar-refractivity contribution >= 4 is 21.6 Å². The van der Waals surface area contributed by atoms with Gasteiger partial charge in [0.25, 0.3) is 0 Å². The van der Waals surface area contributed by atoms with E-state index < -0.39 is 15.6 Å². The van der Waals surface area contributed by atoms with Crippen LogP contribution >= 0.6 is 11.6 Å². The van der Waals surface area contributed by atoms with Gasteiger partial charge in [0.05, 0.1) is 11.3 Å². The Bertz CT molecular complexity index is 324. The van der Waals surface area contributed by atoms with Crippen molar-refractivity contribution in [1.29, 1.82) is 0 Å². The van der Waals surface area contributed by atoms with Crippen LogP contribution in [0.25, 0.3) is 0 Å². The fourth-order valence-electron chi connectivity index (χ4n) is 1.80. The van der Waals surface area contributed by atoms with E-state index in [9.17, 15) is 8.42 Å². The number of sulfonamides is 1. The minimum atomic E-state index is -3.24. The third kappa shape index (κ3) is 5.12. The molecule has 1 rings (SSSR count). The quantitative estimate of drug-likeness (QED) is 0.756. The molecule has 1 saturated heterocycles. The van der Waals surface area contributed by atoms with E-state index in [0.29, 0.717) is 44.3 Å². The molecule has 4 nitrogen and oxygen atoms in total. The summed E-state index contributed by atoms with van der Waals surface area (Å²) < 4.78 is 31.9. The molecule has 0 bridgehead atoms. The van der Waals surface area contributed by atoms with E-state index in [2.05, 4.69) is 4.72 Å². The summed E-state index contributed by atoms with van der Waals surface area (Å²) >= 11 is 5.92. The number of hydrogen-bond donors (Lipinski definition) is 1. The Morgan fingerprint density at radius 3 is 2.41 bits per heavy atom. The zero-order valence-electron chi connectivity index (χ0n) is 10.5. The highest BCUT2D eigenvalue weighted by Gasteiger charge is 2.35. The van der Waals surface area contributed by atoms with Gasteiger partial charge in [-0.2, -0.15) is 0 Å². The molecule has 0 unspecified atom stereocenters. The van der Waals surface area contributed by atoms with E-state index in [1.54, 1.807) is 0 Å². The van der Waals surface area contributed by atoms with Gasteiger partial charge in [0.15, 0.2) is 0 Å². The molecule has 1 N–H and O–H groups in total. The molecule has 0 saturated carbocycles. The molecule has 0 aromatic rings. The lowest BCUT2D eigenvalue weighted by Gasteiger charge is -2.35. The molecular formula is C11H22ClNO3S. The normalized spacial score (nSPS) is 20.7. The van der Waals surface area contributed by atoms with Gasteiger partial charge in [-0.25, -0.2) is 13.1 Å². The average Bonchev–Trinajstić information content (AvgIpc) is 2.27. The van der Waals surface area contributed by atoms with E-state index in [0.717, 1.165) is 0 Å². The Hall–Kier alpha value is 0.160. The zero-order chi connectivity index (χ0) is 12.9. The number of nitrogens with one attached hydrogen (secondary N) is 1. The Morgan fingerprint density at radius 1 is 1.35 bits per heavy atom. The maximum Gasteiger partial charge on any atom is 0.212 e. The first kappa shape index (κ1) is 15.2. The zero-order valence-corrected chi connectivity index (χ0v) is 12.1. The molecule has 102 valence electrons. The van der Waals surface area contributed by atoms with Gasteiger partial charge in [0, 0.05) is 19.1 Å². The molecule has 6 heteroatoms. The highest BCUT2D eigenvalue weighted by Crippen LogP contribution is 2.23. The lowest BCUT2D eigenvalue weighted by atomic mass is 9.94. The van der Waals surface area contributed by atoms with Crippen LogP contribution in [0.2, 0.25) is 0 Å². The van der Waals surface area contributed by atoms with Crippen molar-refractivity contribution in [2.45, 2.75) is 38.6 Å². The maximum absolute atomic E-state index is 12.0. The van der Waals surface area contributed by atoms with Crippen molar-refractivity contribution < 1.29 is 13.2 Å². The molecule has 0 aromatic carbocycles. The summed E-state index contributed by atoms with van der Waals surface area (Å²) in [5.74, 6) is 0.856. The Morgan fingerprint density at radius 2 is 1.94 bits per heavy atom. The molecule has 1 heterocycles. The highest BCUT2D eigenvalue weighted by atomic mass is 35.5. The number of halogens is 1. The topological polar surface area (TPSA) is 55.4 Å². The van der Waals surface area contributed by atoms with Crippen LogP contribution in [-0.4, -0.2) is 38.8 Å². The van der Waals surface area contributed by atoms with Crippen LogP contribution in [0.15, 0.2) is 0 Å². The molecule has 0 radical (unpaired) electrons. The molecule has 0 amide bonds. The standard InChI is InChI=1S/C11H22ClNO3S/c1-10(2)3-8-17(14,15)13-11(9-12)4-6-16-7-5-11/h10,13H,3-9H2,1-2H3. The third-order valence-corrected chi connectivity index (χ3v) is 5.07. The van der Waals surface area contributed by atoms with Crippen molar-refractivity contribution in [2.24, 2.45) is 5.92 Å². The molecular weight excluding hydrogens is 262 g/mol. The third-order valence-electron chi connectivity index (χ3n) is 3.04. The van der Waals surface area contributed by atoms with Crippen molar-refractivity contribution in [1.82, 2.24) is 4.72 Å². The van der Waals surface area contributed by atoms with Crippen molar-refractivity contribution in [3.63, 3.8) is 0 Å². The second-order valence-corrected chi connectivity index (χ2v) is 7.24. The van der Waals surface area contributed by atoms with Crippen LogP contribution in [0, 0.1) is 5.92 Å². The lowest BCUT2D eigenvalue weighted by Crippen LogP contribution is -2.53. The first-order valence-corrected chi connectivity index (χ1v) is 8.23. The van der Waals surface area contributed by atoms with Crippen LogP contribution < -0.4 is 4.72 Å². The van der Waals surface area contributed by atoms with Crippen LogP contribution in [0.4, 0.5) is 0 Å². The average molecular weight is 284 g/mol. The van der Waals surface area contributed by atoms with Crippen LogP contribution in [0.5, 0.6) is 0 Å². The summed E-state index contributed by atoms with van der Waals surface area (Å²) in [5.41, 5.74) is -0.504. The SMILES string of the molecule is CC(C)CCS(=O)(=O)NC1(CCl)CCOCC1. The monoisotopic (exact) mass is 283 g/mol. The summed E-state index contributed by atoms with van der Waals surface area (Å²) in [6.45, 7) is 5.17. The van der Waals surface area contributed by atoms with Gasteiger partial charge in [-0.3, -0.25) is 0 Å². The smallest absolute Gasteiger partial charge is 0.212 e. The second-order valence-electron chi connectivity index (χ2n) is 5.13. The van der Waals surface area contributed by atoms with E-state index in [1.165, 1.54) is 0 Å². The van der Waals surface area contributed by atoms with Crippen LogP contribution in [0.3, 0.4) is 0 Å². The van der Waals surface area contributed by atoms with Crippen LogP contribution in [0.1, 0.15) is 33.1 Å². The minimum Gasteiger partial charge on any atom is -0.381 e. The van der Waals surface area contributed by atoms with Gasteiger partial charge in [0.1, 0.15) is 0 Å². The van der Waals surface area contributed by atoms with Gasteiger partial charge in [-0.15, -0.1) is 11.6 Å². The minimum absolute atomic E-state index is 0.171. The molecule has 1 fully saturated rings. The summed E-state index contributed by atoms with van der Waals surface area (Å²) in [6, 6.07) is 0. The van der Waals surface area contributed by atoms with E-state index >= 15 is 0 Å². The van der Waals surface area contributed by atoms with Crippen molar-refractivity contribution in [3.05, 3.63) is 0 Å². The van der Waals surface area contributed by atoms with Crippen molar-refractivity contribution in [2.75, 3.05) is 24.8 Å². The molecule has 0 spiro atoms. The first-order chi connectivity index (χ1) is 7.89. The fraction of sp³-hybridized carbons (Fsp3) is 1.00. The lowest BCUT2D eigenvalue weighted by molar-refractivity contribution is 0.0549. The predicted octanol–water partition coefficient (Wildman–Crippen LogP) is 1.74. The fourth-order valence-corrected chi connectivity index (χ4v) is 4.03. The second kappa shape index (κ2) is 6.36. The Kier molecular flexibility index (Phi) is 5.70. The van der Waals surface area contributed by atoms with Crippen molar-refractivity contribution in [3.8, 4) is 0 Å². The molecule has 17 heavy (non-hydrogen) atoms. The van der Waals surface area contributed by atoms with E-state index in [4.69, 9.17) is 16.3 Å². The predicted molar refractivity (Wildman–Crippen MR) is 69.9 cm³/mol.